The van der Waals surface area contributed by atoms with E-state index in [0.29, 0.717) is 29.6 Å². The zero-order valence-corrected chi connectivity index (χ0v) is 35.7. The van der Waals surface area contributed by atoms with E-state index < -0.39 is 55.0 Å². The van der Waals surface area contributed by atoms with Crippen LogP contribution in [0.5, 0.6) is 5.75 Å². The topological polar surface area (TPSA) is 163 Å². The molecule has 2 aliphatic rings. The molecular weight excluding hydrogens is 807 g/mol. The summed E-state index contributed by atoms with van der Waals surface area (Å²) in [6, 6.07) is 29.1. The molecule has 1 aromatic heterocycles. The lowest BCUT2D eigenvalue weighted by molar-refractivity contribution is -0.131. The lowest BCUT2D eigenvalue weighted by Gasteiger charge is -2.30. The van der Waals surface area contributed by atoms with E-state index in [1.54, 1.807) is 12.1 Å². The largest absolute Gasteiger partial charge is 0.491 e. The lowest BCUT2D eigenvalue weighted by Crippen LogP contribution is -2.44. The predicted molar refractivity (Wildman–Crippen MR) is 235 cm³/mol. The van der Waals surface area contributed by atoms with Crippen molar-refractivity contribution < 1.29 is 37.4 Å². The molecule has 7 rings (SSSR count). The number of alkyl carbamates (subject to hydrolysis) is 1. The molecule has 0 unspecified atom stereocenters. The standard InChI is InChI=1S/C49H52F2N6O6/c1-48(2,3)63-47(61)55-27-31-8-12-35(13-9-31)45(59)56-38(23-32-10-11-33-6-4-5-7-36(33)22-32)29-62-40-17-14-34(15-18-40)37-16-19-43-42(24-37)41(20-21-53-43)46(60)54-28-44(58)57-30-49(50,51)25-39(57)26-52/h4-7,10-11,14-22,24,31,35,38-39H,8-9,12-13,23,25,27-30H2,1-3H3,(H,54,60)(H,55,61)(H,56,59)/t31?,35?,38-,39-/m0/s1. The average molecular weight is 859 g/mol. The number of carbonyl (C=O) groups excluding carboxylic acids is 4. The summed E-state index contributed by atoms with van der Waals surface area (Å²) < 4.78 is 39.5. The quantitative estimate of drug-likeness (QED) is 0.107. The second-order valence-electron chi connectivity index (χ2n) is 17.5. The van der Waals surface area contributed by atoms with Crippen molar-refractivity contribution in [3.05, 3.63) is 108 Å². The highest BCUT2D eigenvalue weighted by Crippen LogP contribution is 2.33. The smallest absolute Gasteiger partial charge is 0.407 e. The molecule has 12 nitrogen and oxygen atoms in total. The van der Waals surface area contributed by atoms with Crippen LogP contribution in [0.4, 0.5) is 13.6 Å². The maximum absolute atomic E-state index is 13.9. The number of benzene rings is 4. The maximum Gasteiger partial charge on any atom is 0.407 e. The Balaban J connectivity index is 0.988. The van der Waals surface area contributed by atoms with Gasteiger partial charge in [-0.15, -0.1) is 0 Å². The number of hydrogen-bond acceptors (Lipinski definition) is 8. The molecule has 0 spiro atoms. The minimum absolute atomic E-state index is 0.00684. The normalized spacial score (nSPS) is 18.9. The number of alkyl halides is 2. The Kier molecular flexibility index (Phi) is 13.5. The van der Waals surface area contributed by atoms with Gasteiger partial charge < -0.3 is 30.3 Å². The van der Waals surface area contributed by atoms with Crippen LogP contribution in [0.3, 0.4) is 0 Å². The van der Waals surface area contributed by atoms with Crippen molar-refractivity contribution in [3.8, 4) is 22.9 Å². The monoisotopic (exact) mass is 858 g/mol. The number of ether oxygens (including phenoxy) is 2. The molecule has 4 amide bonds. The number of amides is 4. The number of nitrogens with one attached hydrogen (secondary N) is 3. The van der Waals surface area contributed by atoms with Gasteiger partial charge in [0.1, 0.15) is 24.0 Å². The first-order valence-electron chi connectivity index (χ1n) is 21.3. The van der Waals surface area contributed by atoms with Gasteiger partial charge in [-0.3, -0.25) is 19.4 Å². The van der Waals surface area contributed by atoms with E-state index in [0.717, 1.165) is 58.0 Å². The number of likely N-dealkylation sites (tertiary alicyclic amines) is 1. The van der Waals surface area contributed by atoms with Gasteiger partial charge in [0.25, 0.3) is 11.8 Å². The highest BCUT2D eigenvalue weighted by atomic mass is 19.3. The van der Waals surface area contributed by atoms with Crippen molar-refractivity contribution in [2.24, 2.45) is 11.8 Å². The van der Waals surface area contributed by atoms with Gasteiger partial charge in [-0.2, -0.15) is 5.26 Å². The van der Waals surface area contributed by atoms with Gasteiger partial charge in [0.2, 0.25) is 11.8 Å². The molecular formula is C49H52F2N6O6. The molecule has 1 aliphatic heterocycles. The maximum atomic E-state index is 13.9. The fourth-order valence-corrected chi connectivity index (χ4v) is 8.30. The number of nitriles is 1. The third kappa shape index (κ3) is 11.7. The molecule has 1 saturated carbocycles. The summed E-state index contributed by atoms with van der Waals surface area (Å²) >= 11 is 0. The van der Waals surface area contributed by atoms with Crippen molar-refractivity contribution in [2.75, 3.05) is 26.2 Å². The third-order valence-corrected chi connectivity index (χ3v) is 11.6. The van der Waals surface area contributed by atoms with Crippen LogP contribution < -0.4 is 20.7 Å². The van der Waals surface area contributed by atoms with Crippen LogP contribution in [0.15, 0.2) is 97.2 Å². The van der Waals surface area contributed by atoms with Crippen LogP contribution in [-0.4, -0.2) is 83.5 Å². The zero-order valence-electron chi connectivity index (χ0n) is 35.7. The highest BCUT2D eigenvalue weighted by molar-refractivity contribution is 6.07. The lowest BCUT2D eigenvalue weighted by atomic mass is 9.81. The summed E-state index contributed by atoms with van der Waals surface area (Å²) in [5.41, 5.74) is 2.93. The fraction of sp³-hybridized carbons (Fsp3) is 0.388. The van der Waals surface area contributed by atoms with E-state index in [4.69, 9.17) is 9.47 Å². The van der Waals surface area contributed by atoms with Crippen molar-refractivity contribution in [1.82, 2.24) is 25.8 Å². The molecule has 2 heterocycles. The van der Waals surface area contributed by atoms with E-state index in [-0.39, 0.29) is 36.0 Å². The first-order valence-corrected chi connectivity index (χ1v) is 21.3. The number of rotatable bonds is 13. The molecule has 2 fully saturated rings. The first kappa shape index (κ1) is 44.4. The molecule has 0 radical (unpaired) electrons. The Morgan fingerprint density at radius 3 is 2.37 bits per heavy atom. The second-order valence-corrected chi connectivity index (χ2v) is 17.5. The van der Waals surface area contributed by atoms with Crippen LogP contribution in [0.25, 0.3) is 32.8 Å². The van der Waals surface area contributed by atoms with Crippen molar-refractivity contribution in [2.45, 2.75) is 82.9 Å². The number of pyridine rings is 1. The second kappa shape index (κ2) is 19.2. The van der Waals surface area contributed by atoms with Crippen molar-refractivity contribution >= 4 is 45.5 Å². The summed E-state index contributed by atoms with van der Waals surface area (Å²) in [6.45, 7) is 4.83. The van der Waals surface area contributed by atoms with E-state index >= 15 is 0 Å². The molecule has 14 heteroatoms. The summed E-state index contributed by atoms with van der Waals surface area (Å²) in [4.78, 5) is 57.2. The molecule has 1 aliphatic carbocycles. The van der Waals surface area contributed by atoms with Crippen LogP contribution in [0, 0.1) is 23.2 Å². The van der Waals surface area contributed by atoms with Gasteiger partial charge in [-0.1, -0.05) is 60.7 Å². The first-order chi connectivity index (χ1) is 30.1. The zero-order chi connectivity index (χ0) is 44.7. The Morgan fingerprint density at radius 1 is 0.905 bits per heavy atom. The third-order valence-electron chi connectivity index (χ3n) is 11.6. The van der Waals surface area contributed by atoms with E-state index in [2.05, 4.69) is 51.3 Å². The number of nitrogens with zero attached hydrogens (tertiary/aromatic N) is 3. The summed E-state index contributed by atoms with van der Waals surface area (Å²) in [6.07, 6.45) is 3.97. The SMILES string of the molecule is CC(C)(C)OC(=O)NCC1CCC(C(=O)N[C@H](COc2ccc(-c3ccc4nccc(C(=O)NCC(=O)N5CC(F)(F)C[C@H]5C#N)c4c3)cc2)Cc2ccc3ccccc3c2)CC1. The number of hydrogen-bond donors (Lipinski definition) is 3. The van der Waals surface area contributed by atoms with Crippen molar-refractivity contribution in [1.29, 1.82) is 5.26 Å². The molecule has 4 aromatic carbocycles. The van der Waals surface area contributed by atoms with Crippen LogP contribution in [-0.2, 0) is 20.7 Å². The summed E-state index contributed by atoms with van der Waals surface area (Å²) in [5, 5.41) is 20.7. The van der Waals surface area contributed by atoms with E-state index in [1.165, 1.54) is 12.3 Å². The van der Waals surface area contributed by atoms with Crippen LogP contribution in [0.2, 0.25) is 0 Å². The van der Waals surface area contributed by atoms with Gasteiger partial charge in [0.05, 0.1) is 36.3 Å². The molecule has 2 atom stereocenters. The number of halogens is 2. The average Bonchev–Trinajstić information content (AvgIpc) is 3.60. The number of carbonyl (C=O) groups is 4. The van der Waals surface area contributed by atoms with Crippen LogP contribution >= 0.6 is 0 Å². The number of aromatic nitrogens is 1. The Labute approximate surface area is 365 Å². The van der Waals surface area contributed by atoms with Gasteiger partial charge in [0, 0.05) is 30.5 Å². The molecule has 3 N–H and O–H groups in total. The van der Waals surface area contributed by atoms with Crippen LogP contribution in [0.1, 0.15) is 68.8 Å². The summed E-state index contributed by atoms with van der Waals surface area (Å²) in [7, 11) is 0. The van der Waals surface area contributed by atoms with Crippen molar-refractivity contribution in [3.63, 3.8) is 0 Å². The van der Waals surface area contributed by atoms with Gasteiger partial charge >= 0.3 is 6.09 Å². The van der Waals surface area contributed by atoms with Gasteiger partial charge in [0.15, 0.2) is 0 Å². The highest BCUT2D eigenvalue weighted by Gasteiger charge is 2.47. The van der Waals surface area contributed by atoms with E-state index in [9.17, 15) is 33.2 Å². The summed E-state index contributed by atoms with van der Waals surface area (Å²) in [5.74, 6) is -3.77. The number of fused-ring (bicyclic) bond motifs is 2. The molecule has 5 aromatic rings. The van der Waals surface area contributed by atoms with E-state index in [1.807, 2.05) is 69.3 Å². The Bertz CT molecular complexity index is 2510. The van der Waals surface area contributed by atoms with Gasteiger partial charge in [-0.05, 0) is 117 Å². The molecule has 63 heavy (non-hydrogen) atoms. The molecule has 328 valence electrons. The predicted octanol–water partition coefficient (Wildman–Crippen LogP) is 7.98. The Morgan fingerprint density at radius 2 is 1.63 bits per heavy atom. The minimum atomic E-state index is -3.16. The Hall–Kier alpha value is -6.62. The minimum Gasteiger partial charge on any atom is -0.491 e. The fourth-order valence-electron chi connectivity index (χ4n) is 8.30. The molecule has 0 bridgehead atoms. The van der Waals surface area contributed by atoms with Gasteiger partial charge in [-0.25, -0.2) is 13.6 Å². The molecule has 1 saturated heterocycles.